The monoisotopic (exact) mass is 392 g/mol. The van der Waals surface area contributed by atoms with Gasteiger partial charge in [-0.25, -0.2) is 4.68 Å². The Bertz CT molecular complexity index is 1010. The summed E-state index contributed by atoms with van der Waals surface area (Å²) in [6.07, 6.45) is 1.68. The van der Waals surface area contributed by atoms with Crippen LogP contribution in [0.15, 0.2) is 60.8 Å². The number of hydrogen-bond donors (Lipinski definition) is 2. The summed E-state index contributed by atoms with van der Waals surface area (Å²) in [5.41, 5.74) is 7.09. The second kappa shape index (κ2) is 8.18. The van der Waals surface area contributed by atoms with E-state index in [4.69, 9.17) is 10.5 Å². The molecule has 0 aliphatic rings. The van der Waals surface area contributed by atoms with E-state index in [1.807, 2.05) is 54.6 Å². The minimum Gasteiger partial charge on any atom is -0.497 e. The number of rotatable bonds is 7. The number of aromatic nitrogens is 2. The number of benzene rings is 2. The number of amides is 2. The average Bonchev–Trinajstić information content (AvgIpc) is 3.18. The molecule has 150 valence electrons. The molecule has 2 amide bonds. The fourth-order valence-electron chi connectivity index (χ4n) is 2.70. The van der Waals surface area contributed by atoms with Crippen LogP contribution in [0.2, 0.25) is 0 Å². The number of methoxy groups -OCH3 is 1. The first kappa shape index (κ1) is 20.1. The molecule has 1 heterocycles. The molecule has 1 aromatic heterocycles. The lowest BCUT2D eigenvalue weighted by Gasteiger charge is -2.20. The van der Waals surface area contributed by atoms with Crippen molar-refractivity contribution in [3.05, 3.63) is 66.4 Å². The van der Waals surface area contributed by atoms with Gasteiger partial charge in [0.25, 0.3) is 5.91 Å². The van der Waals surface area contributed by atoms with Crippen LogP contribution in [0.4, 0.5) is 0 Å². The lowest BCUT2D eigenvalue weighted by molar-refractivity contribution is -0.125. The minimum absolute atomic E-state index is 0.125. The van der Waals surface area contributed by atoms with Gasteiger partial charge in [0.05, 0.1) is 23.8 Å². The number of nitrogens with one attached hydrogen (secondary N) is 1. The Morgan fingerprint density at radius 2 is 1.76 bits per heavy atom. The molecule has 0 saturated heterocycles. The first-order valence-electron chi connectivity index (χ1n) is 9.19. The van der Waals surface area contributed by atoms with Crippen molar-refractivity contribution in [1.29, 1.82) is 0 Å². The quantitative estimate of drug-likeness (QED) is 0.646. The van der Waals surface area contributed by atoms with Crippen LogP contribution in [-0.2, 0) is 4.79 Å². The molecule has 0 saturated carbocycles. The fraction of sp³-hybridized carbons (Fsp3) is 0.227. The molecule has 7 heteroatoms. The fourth-order valence-corrected chi connectivity index (χ4v) is 2.70. The Morgan fingerprint density at radius 1 is 1.10 bits per heavy atom. The normalized spacial score (nSPS) is 11.1. The SMILES string of the molecule is COc1ccc(-c2nn(-c3ccccc3)cc2C(=O)NCC(C)(C)C(N)=O)cc1. The highest BCUT2D eigenvalue weighted by molar-refractivity contribution is 6.00. The summed E-state index contributed by atoms with van der Waals surface area (Å²) >= 11 is 0. The van der Waals surface area contributed by atoms with Crippen molar-refractivity contribution in [2.75, 3.05) is 13.7 Å². The number of nitrogens with zero attached hydrogens (tertiary/aromatic N) is 2. The van der Waals surface area contributed by atoms with E-state index in [-0.39, 0.29) is 12.5 Å². The van der Waals surface area contributed by atoms with E-state index in [1.165, 1.54) is 0 Å². The third kappa shape index (κ3) is 4.45. The molecule has 0 fully saturated rings. The predicted molar refractivity (Wildman–Crippen MR) is 111 cm³/mol. The van der Waals surface area contributed by atoms with Crippen molar-refractivity contribution in [3.8, 4) is 22.7 Å². The predicted octanol–water partition coefficient (Wildman–Crippen LogP) is 2.79. The van der Waals surface area contributed by atoms with Gasteiger partial charge >= 0.3 is 0 Å². The van der Waals surface area contributed by atoms with Gasteiger partial charge in [-0.1, -0.05) is 18.2 Å². The van der Waals surface area contributed by atoms with Crippen molar-refractivity contribution in [2.24, 2.45) is 11.1 Å². The van der Waals surface area contributed by atoms with Crippen molar-refractivity contribution in [3.63, 3.8) is 0 Å². The van der Waals surface area contributed by atoms with Crippen LogP contribution in [0.1, 0.15) is 24.2 Å². The molecule has 3 N–H and O–H groups in total. The third-order valence-electron chi connectivity index (χ3n) is 4.70. The highest BCUT2D eigenvalue weighted by Crippen LogP contribution is 2.26. The molecule has 0 aliphatic carbocycles. The highest BCUT2D eigenvalue weighted by atomic mass is 16.5. The molecule has 7 nitrogen and oxygen atoms in total. The zero-order valence-electron chi connectivity index (χ0n) is 16.7. The van der Waals surface area contributed by atoms with E-state index >= 15 is 0 Å². The first-order chi connectivity index (χ1) is 13.8. The lowest BCUT2D eigenvalue weighted by atomic mass is 9.92. The smallest absolute Gasteiger partial charge is 0.255 e. The summed E-state index contributed by atoms with van der Waals surface area (Å²) < 4.78 is 6.87. The van der Waals surface area contributed by atoms with Crippen molar-refractivity contribution in [2.45, 2.75) is 13.8 Å². The molecular formula is C22H24N4O3. The Hall–Kier alpha value is -3.61. The maximum absolute atomic E-state index is 12.9. The third-order valence-corrected chi connectivity index (χ3v) is 4.70. The number of ether oxygens (including phenoxy) is 1. The van der Waals surface area contributed by atoms with Gasteiger partial charge in [-0.3, -0.25) is 9.59 Å². The van der Waals surface area contributed by atoms with Gasteiger partial charge in [-0.15, -0.1) is 0 Å². The number of nitrogens with two attached hydrogens (primary N) is 1. The second-order valence-electron chi connectivity index (χ2n) is 7.33. The van der Waals surface area contributed by atoms with Crippen molar-refractivity contribution in [1.82, 2.24) is 15.1 Å². The summed E-state index contributed by atoms with van der Waals surface area (Å²) in [6, 6.07) is 16.9. The summed E-state index contributed by atoms with van der Waals surface area (Å²) in [5, 5.41) is 7.43. The molecule has 0 unspecified atom stereocenters. The molecule has 3 aromatic rings. The summed E-state index contributed by atoms with van der Waals surface area (Å²) in [6.45, 7) is 3.50. The van der Waals surface area contributed by atoms with Crippen LogP contribution in [0, 0.1) is 5.41 Å². The maximum atomic E-state index is 12.9. The summed E-state index contributed by atoms with van der Waals surface area (Å²) in [7, 11) is 1.60. The van der Waals surface area contributed by atoms with Crippen molar-refractivity contribution < 1.29 is 14.3 Å². The first-order valence-corrected chi connectivity index (χ1v) is 9.19. The molecule has 0 spiro atoms. The summed E-state index contributed by atoms with van der Waals surface area (Å²) in [5.74, 6) is -0.0917. The topological polar surface area (TPSA) is 99.2 Å². The molecular weight excluding hydrogens is 368 g/mol. The Balaban J connectivity index is 1.98. The minimum atomic E-state index is -0.856. The average molecular weight is 392 g/mol. The second-order valence-corrected chi connectivity index (χ2v) is 7.33. The number of para-hydroxylation sites is 1. The van der Waals surface area contributed by atoms with Gasteiger partial charge in [0.1, 0.15) is 11.4 Å². The molecule has 2 aromatic carbocycles. The van der Waals surface area contributed by atoms with Crippen LogP contribution < -0.4 is 15.8 Å². The van der Waals surface area contributed by atoms with Crippen LogP contribution in [0.25, 0.3) is 16.9 Å². The maximum Gasteiger partial charge on any atom is 0.255 e. The molecule has 29 heavy (non-hydrogen) atoms. The van der Waals surface area contributed by atoms with Crippen LogP contribution in [0.5, 0.6) is 5.75 Å². The Kier molecular flexibility index (Phi) is 5.68. The van der Waals surface area contributed by atoms with Gasteiger partial charge in [0.15, 0.2) is 0 Å². The number of carbonyl (C=O) groups is 2. The van der Waals surface area contributed by atoms with Gasteiger partial charge in [-0.2, -0.15) is 5.10 Å². The largest absolute Gasteiger partial charge is 0.497 e. The van der Waals surface area contributed by atoms with Crippen molar-refractivity contribution >= 4 is 11.8 Å². The molecule has 3 rings (SSSR count). The number of carbonyl (C=O) groups excluding carboxylic acids is 2. The van der Waals surface area contributed by atoms with E-state index in [0.717, 1.165) is 11.3 Å². The molecule has 0 aliphatic heterocycles. The number of hydrogen-bond acceptors (Lipinski definition) is 4. The standard InChI is InChI=1S/C22H24N4O3/c1-22(2,21(23)28)14-24-20(27)18-13-26(16-7-5-4-6-8-16)25-19(18)15-9-11-17(29-3)12-10-15/h4-13H,14H2,1-3H3,(H2,23,28)(H,24,27). The van der Waals surface area contributed by atoms with E-state index in [1.54, 1.807) is 31.8 Å². The lowest BCUT2D eigenvalue weighted by Crippen LogP contribution is -2.42. The van der Waals surface area contributed by atoms with Crippen LogP contribution >= 0.6 is 0 Å². The molecule has 0 radical (unpaired) electrons. The van der Waals surface area contributed by atoms with E-state index in [2.05, 4.69) is 10.4 Å². The highest BCUT2D eigenvalue weighted by Gasteiger charge is 2.27. The van der Waals surface area contributed by atoms with E-state index in [9.17, 15) is 9.59 Å². The molecule has 0 bridgehead atoms. The number of primary amides is 1. The zero-order valence-corrected chi connectivity index (χ0v) is 16.7. The van der Waals surface area contributed by atoms with E-state index < -0.39 is 11.3 Å². The van der Waals surface area contributed by atoms with Gasteiger partial charge in [-0.05, 0) is 50.2 Å². The van der Waals surface area contributed by atoms with Gasteiger partial charge in [0.2, 0.25) is 5.91 Å². The summed E-state index contributed by atoms with van der Waals surface area (Å²) in [4.78, 5) is 24.5. The van der Waals surface area contributed by atoms with E-state index in [0.29, 0.717) is 17.0 Å². The Labute approximate surface area is 169 Å². The van der Waals surface area contributed by atoms with Crippen LogP contribution in [0.3, 0.4) is 0 Å². The zero-order chi connectivity index (χ0) is 21.0. The van der Waals surface area contributed by atoms with Gasteiger partial charge < -0.3 is 15.8 Å². The Morgan fingerprint density at radius 3 is 2.34 bits per heavy atom. The van der Waals surface area contributed by atoms with Gasteiger partial charge in [0, 0.05) is 18.3 Å². The molecule has 0 atom stereocenters. The van der Waals surface area contributed by atoms with Crippen LogP contribution in [-0.4, -0.2) is 35.2 Å².